The fraction of sp³-hybridized carbons (Fsp3) is 0.0870. The van der Waals surface area contributed by atoms with Crippen molar-refractivity contribution in [3.05, 3.63) is 99.5 Å². The number of amides is 2. The van der Waals surface area contributed by atoms with Crippen LogP contribution in [0.25, 0.3) is 0 Å². The van der Waals surface area contributed by atoms with Crippen molar-refractivity contribution in [2.75, 3.05) is 5.32 Å². The van der Waals surface area contributed by atoms with Gasteiger partial charge in [0.05, 0.1) is 34.5 Å². The van der Waals surface area contributed by atoms with Crippen molar-refractivity contribution in [1.29, 1.82) is 5.26 Å². The molecule has 6 heteroatoms. The third-order valence-electron chi connectivity index (χ3n) is 4.43. The van der Waals surface area contributed by atoms with E-state index < -0.39 is 0 Å². The van der Waals surface area contributed by atoms with Gasteiger partial charge in [0.1, 0.15) is 0 Å². The van der Waals surface area contributed by atoms with Crippen LogP contribution in [0.1, 0.15) is 44.8 Å². The zero-order chi connectivity index (χ0) is 20.8. The highest BCUT2D eigenvalue weighted by molar-refractivity contribution is 9.10. The molecule has 0 aliphatic heterocycles. The van der Waals surface area contributed by atoms with Gasteiger partial charge in [0.25, 0.3) is 11.8 Å². The number of benzene rings is 3. The lowest BCUT2D eigenvalue weighted by Crippen LogP contribution is -2.28. The van der Waals surface area contributed by atoms with Crippen LogP contribution in [-0.4, -0.2) is 11.8 Å². The first-order chi connectivity index (χ1) is 14.0. The Kier molecular flexibility index (Phi) is 6.43. The maximum absolute atomic E-state index is 12.8. The van der Waals surface area contributed by atoms with Crippen LogP contribution < -0.4 is 10.6 Å². The van der Waals surface area contributed by atoms with Gasteiger partial charge in [-0.25, -0.2) is 0 Å². The minimum atomic E-state index is -0.308. The van der Waals surface area contributed by atoms with Crippen molar-refractivity contribution in [3.8, 4) is 6.07 Å². The molecule has 0 aliphatic rings. The molecule has 0 heterocycles. The summed E-state index contributed by atoms with van der Waals surface area (Å²) < 4.78 is 0.675. The van der Waals surface area contributed by atoms with E-state index in [1.807, 2.05) is 25.1 Å². The lowest BCUT2D eigenvalue weighted by Gasteiger charge is -2.16. The Morgan fingerprint density at radius 3 is 2.17 bits per heavy atom. The predicted octanol–water partition coefficient (Wildman–Crippen LogP) is 5.06. The topological polar surface area (TPSA) is 82.0 Å². The van der Waals surface area contributed by atoms with Gasteiger partial charge >= 0.3 is 0 Å². The van der Waals surface area contributed by atoms with Crippen molar-refractivity contribution in [3.63, 3.8) is 0 Å². The lowest BCUT2D eigenvalue weighted by atomic mass is 10.1. The Labute approximate surface area is 177 Å². The predicted molar refractivity (Wildman–Crippen MR) is 116 cm³/mol. The van der Waals surface area contributed by atoms with Crippen LogP contribution in [0.3, 0.4) is 0 Å². The molecule has 1 atom stereocenters. The molecule has 29 heavy (non-hydrogen) atoms. The third kappa shape index (κ3) is 4.89. The van der Waals surface area contributed by atoms with E-state index in [1.165, 1.54) is 0 Å². The zero-order valence-electron chi connectivity index (χ0n) is 15.6. The number of hydrogen-bond donors (Lipinski definition) is 2. The summed E-state index contributed by atoms with van der Waals surface area (Å²) in [6.07, 6.45) is 0. The highest BCUT2D eigenvalue weighted by Gasteiger charge is 2.17. The molecular weight excluding hydrogens is 430 g/mol. The number of anilines is 1. The van der Waals surface area contributed by atoms with Crippen LogP contribution in [0, 0.1) is 11.3 Å². The fourth-order valence-electron chi connectivity index (χ4n) is 2.83. The number of para-hydroxylation sites is 1. The highest BCUT2D eigenvalue weighted by Crippen LogP contribution is 2.21. The van der Waals surface area contributed by atoms with E-state index in [9.17, 15) is 9.59 Å². The molecule has 3 aromatic carbocycles. The first kappa shape index (κ1) is 20.3. The number of rotatable bonds is 5. The van der Waals surface area contributed by atoms with Crippen molar-refractivity contribution >= 4 is 33.4 Å². The number of carbonyl (C=O) groups is 2. The second-order valence-electron chi connectivity index (χ2n) is 6.41. The molecule has 0 fully saturated rings. The largest absolute Gasteiger partial charge is 0.345 e. The van der Waals surface area contributed by atoms with Gasteiger partial charge in [0, 0.05) is 4.47 Å². The average molecular weight is 448 g/mol. The van der Waals surface area contributed by atoms with Crippen molar-refractivity contribution in [2.24, 2.45) is 0 Å². The Balaban J connectivity index is 1.77. The number of hydrogen-bond acceptors (Lipinski definition) is 3. The summed E-state index contributed by atoms with van der Waals surface area (Å²) in [5, 5.41) is 14.6. The second kappa shape index (κ2) is 9.18. The summed E-state index contributed by atoms with van der Waals surface area (Å²) in [4.78, 5) is 25.4. The minimum absolute atomic E-state index is 0.262. The molecule has 144 valence electrons. The molecule has 3 aromatic rings. The van der Waals surface area contributed by atoms with E-state index in [0.717, 1.165) is 5.56 Å². The average Bonchev–Trinajstić information content (AvgIpc) is 2.74. The van der Waals surface area contributed by atoms with Gasteiger partial charge in [-0.15, -0.1) is 0 Å². The van der Waals surface area contributed by atoms with Crippen molar-refractivity contribution < 1.29 is 9.59 Å². The fourth-order valence-corrected chi connectivity index (χ4v) is 3.29. The van der Waals surface area contributed by atoms with Crippen LogP contribution in [-0.2, 0) is 0 Å². The summed E-state index contributed by atoms with van der Waals surface area (Å²) in [5.41, 5.74) is 2.72. The van der Waals surface area contributed by atoms with Crippen LogP contribution >= 0.6 is 15.9 Å². The summed E-state index contributed by atoms with van der Waals surface area (Å²) in [5.74, 6) is -0.609. The molecule has 0 radical (unpaired) electrons. The number of carbonyl (C=O) groups excluding carboxylic acids is 2. The molecule has 0 saturated heterocycles. The number of nitriles is 1. The maximum atomic E-state index is 12.8. The zero-order valence-corrected chi connectivity index (χ0v) is 17.2. The molecule has 0 saturated carbocycles. The van der Waals surface area contributed by atoms with Crippen molar-refractivity contribution in [1.82, 2.24) is 5.32 Å². The van der Waals surface area contributed by atoms with Gasteiger partial charge in [-0.2, -0.15) is 5.26 Å². The standard InChI is InChI=1S/C23H18BrN3O2/c1-15(17-12-10-16(14-25)11-13-17)26-23(29)19-7-3-5-9-21(19)27-22(28)18-6-2-4-8-20(18)24/h2-13,15H,1H3,(H,26,29)(H,27,28). The first-order valence-electron chi connectivity index (χ1n) is 8.95. The quantitative estimate of drug-likeness (QED) is 0.572. The first-order valence-corrected chi connectivity index (χ1v) is 9.74. The molecule has 2 amide bonds. The highest BCUT2D eigenvalue weighted by atomic mass is 79.9. The third-order valence-corrected chi connectivity index (χ3v) is 5.12. The molecule has 0 aromatic heterocycles. The SMILES string of the molecule is CC(NC(=O)c1ccccc1NC(=O)c1ccccc1Br)c1ccc(C#N)cc1. The maximum Gasteiger partial charge on any atom is 0.256 e. The second-order valence-corrected chi connectivity index (χ2v) is 7.26. The van der Waals surface area contributed by atoms with E-state index in [2.05, 4.69) is 32.6 Å². The van der Waals surface area contributed by atoms with E-state index in [0.29, 0.717) is 26.9 Å². The molecular formula is C23H18BrN3O2. The molecule has 0 spiro atoms. The molecule has 0 bridgehead atoms. The molecule has 0 aliphatic carbocycles. The van der Waals surface area contributed by atoms with Gasteiger partial charge < -0.3 is 10.6 Å². The van der Waals surface area contributed by atoms with E-state index in [1.54, 1.807) is 54.6 Å². The Hall–Kier alpha value is -3.43. The van der Waals surface area contributed by atoms with Crippen LogP contribution in [0.5, 0.6) is 0 Å². The van der Waals surface area contributed by atoms with Gasteiger partial charge in [0.15, 0.2) is 0 Å². The van der Waals surface area contributed by atoms with Crippen LogP contribution in [0.4, 0.5) is 5.69 Å². The summed E-state index contributed by atoms with van der Waals surface area (Å²) in [6.45, 7) is 1.86. The number of nitrogens with zero attached hydrogens (tertiary/aromatic N) is 1. The smallest absolute Gasteiger partial charge is 0.256 e. The Morgan fingerprint density at radius 2 is 1.52 bits per heavy atom. The number of halogens is 1. The summed E-state index contributed by atoms with van der Waals surface area (Å²) >= 11 is 3.37. The number of nitrogens with one attached hydrogen (secondary N) is 2. The van der Waals surface area contributed by atoms with Crippen LogP contribution in [0.2, 0.25) is 0 Å². The van der Waals surface area contributed by atoms with Crippen molar-refractivity contribution in [2.45, 2.75) is 13.0 Å². The molecule has 2 N–H and O–H groups in total. The van der Waals surface area contributed by atoms with Gasteiger partial charge in [0.2, 0.25) is 0 Å². The lowest BCUT2D eigenvalue weighted by molar-refractivity contribution is 0.0941. The summed E-state index contributed by atoms with van der Waals surface area (Å²) in [7, 11) is 0. The van der Waals surface area contributed by atoms with E-state index in [-0.39, 0.29) is 17.9 Å². The minimum Gasteiger partial charge on any atom is -0.345 e. The van der Waals surface area contributed by atoms with Gasteiger partial charge in [-0.05, 0) is 64.8 Å². The summed E-state index contributed by atoms with van der Waals surface area (Å²) in [6, 6.07) is 22.8. The molecule has 1 unspecified atom stereocenters. The van der Waals surface area contributed by atoms with Crippen LogP contribution in [0.15, 0.2) is 77.3 Å². The monoisotopic (exact) mass is 447 g/mol. The van der Waals surface area contributed by atoms with E-state index >= 15 is 0 Å². The molecule has 3 rings (SSSR count). The Morgan fingerprint density at radius 1 is 0.897 bits per heavy atom. The normalized spacial score (nSPS) is 11.2. The van der Waals surface area contributed by atoms with E-state index in [4.69, 9.17) is 5.26 Å². The molecule has 5 nitrogen and oxygen atoms in total. The van der Waals surface area contributed by atoms with Gasteiger partial charge in [-0.3, -0.25) is 9.59 Å². The van der Waals surface area contributed by atoms with Gasteiger partial charge in [-0.1, -0.05) is 36.4 Å². The Bertz CT molecular complexity index is 1090.